The van der Waals surface area contributed by atoms with Crippen LogP contribution < -0.4 is 14.3 Å². The first-order valence-corrected chi connectivity index (χ1v) is 19.2. The summed E-state index contributed by atoms with van der Waals surface area (Å²) in [4.78, 5) is 12.1. The number of benzene rings is 2. The third kappa shape index (κ3) is 7.88. The van der Waals surface area contributed by atoms with Gasteiger partial charge in [-0.3, -0.25) is 0 Å². The molecule has 2 N–H and O–H groups in total. The Morgan fingerprint density at radius 3 is 2.16 bits per heavy atom. The summed E-state index contributed by atoms with van der Waals surface area (Å²) in [5.74, 6) is 0. The largest absolute Gasteiger partial charge is 0.338 e. The number of allylic oxidation sites excluding steroid dienone is 4. The molecule has 14 heteroatoms. The third-order valence-electron chi connectivity index (χ3n) is 7.76. The van der Waals surface area contributed by atoms with Gasteiger partial charge in [0.15, 0.2) is 0 Å². The molecule has 0 atom stereocenters. The number of anilines is 1. The second-order valence-electron chi connectivity index (χ2n) is 11.7. The van der Waals surface area contributed by atoms with Gasteiger partial charge in [0.1, 0.15) is 5.01 Å². The van der Waals surface area contributed by atoms with Crippen molar-refractivity contribution < 1.29 is 16.8 Å². The lowest BCUT2D eigenvalue weighted by Crippen LogP contribution is -2.31. The highest BCUT2D eigenvalue weighted by molar-refractivity contribution is 8.03. The quantitative estimate of drug-likeness (QED) is 0.283. The van der Waals surface area contributed by atoms with E-state index in [4.69, 9.17) is 4.98 Å². The average molecular weight is 689 g/mol. The molecule has 3 aromatic rings. The second kappa shape index (κ2) is 13.7. The van der Waals surface area contributed by atoms with Crippen molar-refractivity contribution in [3.05, 3.63) is 69.2 Å². The number of thiazole rings is 1. The van der Waals surface area contributed by atoms with E-state index in [9.17, 15) is 16.8 Å². The zero-order chi connectivity index (χ0) is 32.5. The molecule has 0 amide bonds. The molecule has 5 rings (SSSR count). The molecule has 1 aliphatic carbocycles. The number of nitrogens with one attached hydrogen (secondary N) is 2. The number of fused-ring (bicyclic) bond motifs is 2. The second-order valence-corrected chi connectivity index (χ2v) is 17.3. The number of sulfonamides is 2. The van der Waals surface area contributed by atoms with Crippen LogP contribution in [-0.4, -0.2) is 93.0 Å². The van der Waals surface area contributed by atoms with Crippen molar-refractivity contribution in [3.63, 3.8) is 0 Å². The first kappa shape index (κ1) is 33.8. The molecule has 2 heterocycles. The lowest BCUT2D eigenvalue weighted by molar-refractivity contribution is 0.412. The molecule has 10 nitrogen and oxygen atoms in total. The predicted octanol–water partition coefficient (Wildman–Crippen LogP) is 4.55. The predicted molar refractivity (Wildman–Crippen MR) is 186 cm³/mol. The number of likely N-dealkylation sites (N-methyl/N-ethyl adjacent to an activating group) is 2. The summed E-state index contributed by atoms with van der Waals surface area (Å²) >= 11 is 3.06. The fourth-order valence-electron chi connectivity index (χ4n) is 5.08. The van der Waals surface area contributed by atoms with Crippen LogP contribution in [-0.2, 0) is 20.0 Å². The van der Waals surface area contributed by atoms with Gasteiger partial charge >= 0.3 is 0 Å². The summed E-state index contributed by atoms with van der Waals surface area (Å²) in [6, 6.07) is 10.4. The number of thioether (sulfide) groups is 1. The van der Waals surface area contributed by atoms with E-state index < -0.39 is 20.0 Å². The van der Waals surface area contributed by atoms with Crippen LogP contribution in [0, 0.1) is 0 Å². The maximum atomic E-state index is 12.8. The van der Waals surface area contributed by atoms with Crippen molar-refractivity contribution in [1.29, 1.82) is 0 Å². The minimum Gasteiger partial charge on any atom is -0.338 e. The number of hydrogen-bond acceptors (Lipinski definition) is 10. The van der Waals surface area contributed by atoms with Gasteiger partial charge in [-0.15, -0.1) is 11.3 Å². The smallest absolute Gasteiger partial charge is 0.240 e. The summed E-state index contributed by atoms with van der Waals surface area (Å²) in [5, 5.41) is 1.89. The van der Waals surface area contributed by atoms with Gasteiger partial charge in [-0.1, -0.05) is 11.8 Å². The van der Waals surface area contributed by atoms with Gasteiger partial charge in [0.05, 0.1) is 30.7 Å². The summed E-state index contributed by atoms with van der Waals surface area (Å²) in [6.45, 7) is 4.06. The van der Waals surface area contributed by atoms with Gasteiger partial charge in [-0.05, 0) is 113 Å². The van der Waals surface area contributed by atoms with E-state index >= 15 is 0 Å². The monoisotopic (exact) mass is 688 g/mol. The molecule has 1 aromatic heterocycles. The number of rotatable bonds is 12. The van der Waals surface area contributed by atoms with Gasteiger partial charge in [0.2, 0.25) is 20.0 Å². The molecule has 0 radical (unpaired) electrons. The van der Waals surface area contributed by atoms with E-state index in [0.29, 0.717) is 26.2 Å². The van der Waals surface area contributed by atoms with Gasteiger partial charge in [0, 0.05) is 38.1 Å². The minimum absolute atomic E-state index is 0.243. The van der Waals surface area contributed by atoms with Crippen LogP contribution in [0.15, 0.2) is 78.9 Å². The SMILES string of the molecule is CC1=C(/C=C2\Sc3cc(S(=O)(=O)NCCN(C)C)ccc3N2C)CC/C1=C\c1nc2ccc(S(=O)(=O)NCCN(C)C)cc2s1. The number of aromatic nitrogens is 1. The zero-order valence-electron chi connectivity index (χ0n) is 26.4. The van der Waals surface area contributed by atoms with Gasteiger partial charge in [-0.25, -0.2) is 31.3 Å². The van der Waals surface area contributed by atoms with Crippen molar-refractivity contribution in [2.45, 2.75) is 34.5 Å². The van der Waals surface area contributed by atoms with Gasteiger partial charge in [0.25, 0.3) is 0 Å². The average Bonchev–Trinajstić information content (AvgIpc) is 3.63. The lowest BCUT2D eigenvalue weighted by atomic mass is 10.1. The van der Waals surface area contributed by atoms with Gasteiger partial charge < -0.3 is 14.7 Å². The molecule has 45 heavy (non-hydrogen) atoms. The van der Waals surface area contributed by atoms with Crippen LogP contribution in [0.5, 0.6) is 0 Å². The van der Waals surface area contributed by atoms with Crippen molar-refractivity contribution in [2.75, 3.05) is 66.3 Å². The Labute approximate surface area is 275 Å². The maximum Gasteiger partial charge on any atom is 0.240 e. The highest BCUT2D eigenvalue weighted by atomic mass is 32.2. The van der Waals surface area contributed by atoms with Gasteiger partial charge in [-0.2, -0.15) is 0 Å². The zero-order valence-corrected chi connectivity index (χ0v) is 29.7. The Morgan fingerprint density at radius 2 is 1.51 bits per heavy atom. The molecule has 0 unspecified atom stereocenters. The molecule has 2 aliphatic rings. The van der Waals surface area contributed by atoms with Crippen molar-refractivity contribution in [1.82, 2.24) is 24.2 Å². The molecule has 0 saturated carbocycles. The minimum atomic E-state index is -3.60. The fourth-order valence-corrected chi connectivity index (χ4v) is 9.46. The van der Waals surface area contributed by atoms with E-state index in [1.54, 1.807) is 42.1 Å². The van der Waals surface area contributed by atoms with Crippen molar-refractivity contribution >= 4 is 65.1 Å². The summed E-state index contributed by atoms with van der Waals surface area (Å²) in [5.41, 5.74) is 5.40. The molecular weight excluding hydrogens is 649 g/mol. The first-order chi connectivity index (χ1) is 21.2. The van der Waals surface area contributed by atoms with Crippen LogP contribution in [0.25, 0.3) is 16.3 Å². The third-order valence-corrected chi connectivity index (χ3v) is 12.8. The normalized spacial score (nSPS) is 17.6. The van der Waals surface area contributed by atoms with E-state index in [1.165, 1.54) is 28.1 Å². The first-order valence-electron chi connectivity index (χ1n) is 14.6. The molecule has 1 aliphatic heterocycles. The fraction of sp³-hybridized carbons (Fsp3) is 0.387. The molecule has 0 saturated heterocycles. The van der Waals surface area contributed by atoms with Crippen molar-refractivity contribution in [3.8, 4) is 0 Å². The molecule has 0 bridgehead atoms. The molecular formula is C31H40N6O4S4. The lowest BCUT2D eigenvalue weighted by Gasteiger charge is -2.14. The van der Waals surface area contributed by atoms with Crippen LogP contribution in [0.4, 0.5) is 5.69 Å². The van der Waals surface area contributed by atoms with Crippen LogP contribution in [0.3, 0.4) is 0 Å². The Hall–Kier alpha value is -2.56. The van der Waals surface area contributed by atoms with E-state index in [2.05, 4.69) is 33.4 Å². The highest BCUT2D eigenvalue weighted by Crippen LogP contribution is 2.47. The Balaban J connectivity index is 1.32. The summed E-state index contributed by atoms with van der Waals surface area (Å²) < 4.78 is 57.4. The Kier molecular flexibility index (Phi) is 10.3. The highest BCUT2D eigenvalue weighted by Gasteiger charge is 2.26. The molecule has 242 valence electrons. The van der Waals surface area contributed by atoms with E-state index in [-0.39, 0.29) is 9.79 Å². The Morgan fingerprint density at radius 1 is 0.889 bits per heavy atom. The number of nitrogens with zero attached hydrogens (tertiary/aromatic N) is 4. The van der Waals surface area contributed by atoms with Crippen LogP contribution >= 0.6 is 23.1 Å². The van der Waals surface area contributed by atoms with Crippen LogP contribution in [0.1, 0.15) is 24.8 Å². The summed E-state index contributed by atoms with van der Waals surface area (Å²) in [7, 11) is 2.43. The standard InChI is InChI=1S/C31H40N6O4S4/c1-21-22(17-30-34-26-11-9-24(19-28(26)42-30)44(38,39)32-13-15-35(2)3)7-8-23(21)18-31-37(6)27-12-10-25(20-29(27)43-31)45(40,41)33-14-16-36(4)5/h9-12,17-20,32-33H,7-8,13-16H2,1-6H3/b22-17+,31-18-. The van der Waals surface area contributed by atoms with Crippen LogP contribution in [0.2, 0.25) is 0 Å². The Bertz CT molecular complexity index is 1910. The molecule has 0 spiro atoms. The topological polar surface area (TPSA) is 115 Å². The van der Waals surface area contributed by atoms with Crippen molar-refractivity contribution in [2.24, 2.45) is 0 Å². The van der Waals surface area contributed by atoms with E-state index in [0.717, 1.165) is 43.7 Å². The molecule has 0 fully saturated rings. The maximum absolute atomic E-state index is 12.8. The molecule has 2 aromatic carbocycles. The number of hydrogen-bond donors (Lipinski definition) is 2. The van der Waals surface area contributed by atoms with E-state index in [1.807, 2.05) is 51.1 Å². The summed E-state index contributed by atoms with van der Waals surface area (Å²) in [6.07, 6.45) is 6.09.